The van der Waals surface area contributed by atoms with Crippen molar-refractivity contribution in [3.05, 3.63) is 63.4 Å². The average molecular weight is 530 g/mol. The summed E-state index contributed by atoms with van der Waals surface area (Å²) in [4.78, 5) is 29.3. The molecule has 1 N–H and O–H groups in total. The van der Waals surface area contributed by atoms with Crippen molar-refractivity contribution in [1.82, 2.24) is 5.32 Å². The number of amides is 2. The summed E-state index contributed by atoms with van der Waals surface area (Å²) in [5, 5.41) is 2.54. The maximum absolute atomic E-state index is 15.3. The second kappa shape index (κ2) is 8.65. The summed E-state index contributed by atoms with van der Waals surface area (Å²) in [6, 6.07) is 10.3. The second-order valence-electron chi connectivity index (χ2n) is 9.03. The lowest BCUT2D eigenvalue weighted by atomic mass is 9.79. The standard InChI is InChI=1S/C25H25BrFN3O2S/c1-5-29-21-12-20(27)15(10-18(21)14(2)13-25(29,3)4)11-19-22(31)28-24(33)30(23(19)32)17-8-6-16(26)7-9-17/h6-12,14H,5,13H2,1-4H3,(H,28,31,33)/b19-11-. The van der Waals surface area contributed by atoms with E-state index in [1.54, 1.807) is 30.3 Å². The number of carbonyl (C=O) groups is 2. The number of carbonyl (C=O) groups excluding carboxylic acids is 2. The van der Waals surface area contributed by atoms with Crippen LogP contribution in [0.15, 0.2) is 46.4 Å². The van der Waals surface area contributed by atoms with Gasteiger partial charge in [0.1, 0.15) is 11.4 Å². The van der Waals surface area contributed by atoms with E-state index in [0.717, 1.165) is 28.7 Å². The third kappa shape index (κ3) is 4.22. The van der Waals surface area contributed by atoms with Crippen molar-refractivity contribution in [2.45, 2.75) is 45.6 Å². The smallest absolute Gasteiger partial charge is 0.270 e. The molecule has 5 nitrogen and oxygen atoms in total. The summed E-state index contributed by atoms with van der Waals surface area (Å²) >= 11 is 8.60. The van der Waals surface area contributed by atoms with Gasteiger partial charge in [0.05, 0.1) is 5.69 Å². The normalized spacial score (nSPS) is 21.3. The van der Waals surface area contributed by atoms with Gasteiger partial charge in [-0.2, -0.15) is 0 Å². The molecule has 33 heavy (non-hydrogen) atoms. The monoisotopic (exact) mass is 529 g/mol. The second-order valence-corrected chi connectivity index (χ2v) is 10.3. The molecule has 0 aromatic heterocycles. The van der Waals surface area contributed by atoms with Crippen LogP contribution >= 0.6 is 28.1 Å². The lowest BCUT2D eigenvalue weighted by Gasteiger charge is -2.47. The van der Waals surface area contributed by atoms with Crippen LogP contribution in [0, 0.1) is 5.82 Å². The minimum Gasteiger partial charge on any atom is -0.366 e. The van der Waals surface area contributed by atoms with Crippen LogP contribution in [0.1, 0.15) is 51.2 Å². The zero-order valence-electron chi connectivity index (χ0n) is 18.9. The van der Waals surface area contributed by atoms with E-state index in [1.165, 1.54) is 17.0 Å². The summed E-state index contributed by atoms with van der Waals surface area (Å²) in [6.45, 7) is 9.25. The molecule has 0 radical (unpaired) electrons. The molecule has 0 bridgehead atoms. The van der Waals surface area contributed by atoms with Gasteiger partial charge < -0.3 is 4.90 Å². The highest BCUT2D eigenvalue weighted by Crippen LogP contribution is 2.44. The summed E-state index contributed by atoms with van der Waals surface area (Å²) in [5.74, 6) is -1.50. The zero-order valence-corrected chi connectivity index (χ0v) is 21.3. The molecular formula is C25H25BrFN3O2S. The van der Waals surface area contributed by atoms with E-state index in [1.807, 2.05) is 0 Å². The van der Waals surface area contributed by atoms with Gasteiger partial charge in [0.2, 0.25) is 0 Å². The highest BCUT2D eigenvalue weighted by Gasteiger charge is 2.37. The number of anilines is 2. The van der Waals surface area contributed by atoms with Gasteiger partial charge in [-0.15, -0.1) is 0 Å². The van der Waals surface area contributed by atoms with Crippen LogP contribution < -0.4 is 15.1 Å². The Kier molecular flexibility index (Phi) is 6.18. The number of nitrogens with one attached hydrogen (secondary N) is 1. The highest BCUT2D eigenvalue weighted by atomic mass is 79.9. The number of halogens is 2. The molecule has 2 aliphatic rings. The average Bonchev–Trinajstić information content (AvgIpc) is 2.72. The first kappa shape index (κ1) is 23.6. The third-order valence-corrected chi connectivity index (χ3v) is 7.12. The van der Waals surface area contributed by atoms with Gasteiger partial charge in [-0.05, 0) is 93.4 Å². The van der Waals surface area contributed by atoms with Crippen molar-refractivity contribution in [3.8, 4) is 0 Å². The number of hydrogen-bond acceptors (Lipinski definition) is 4. The van der Waals surface area contributed by atoms with Crippen LogP contribution in [-0.2, 0) is 9.59 Å². The number of benzene rings is 2. The van der Waals surface area contributed by atoms with Gasteiger partial charge >= 0.3 is 0 Å². The molecule has 1 atom stereocenters. The summed E-state index contributed by atoms with van der Waals surface area (Å²) in [6.07, 6.45) is 2.24. The van der Waals surface area contributed by atoms with E-state index in [-0.39, 0.29) is 27.7 Å². The van der Waals surface area contributed by atoms with Crippen LogP contribution in [0.5, 0.6) is 0 Å². The molecule has 172 valence electrons. The molecule has 2 heterocycles. The van der Waals surface area contributed by atoms with E-state index in [9.17, 15) is 9.59 Å². The first-order valence-corrected chi connectivity index (χ1v) is 12.0. The maximum atomic E-state index is 15.3. The molecule has 8 heteroatoms. The van der Waals surface area contributed by atoms with E-state index in [0.29, 0.717) is 5.69 Å². The van der Waals surface area contributed by atoms with Crippen molar-refractivity contribution in [2.24, 2.45) is 0 Å². The molecule has 1 unspecified atom stereocenters. The van der Waals surface area contributed by atoms with Gasteiger partial charge in [0.15, 0.2) is 5.11 Å². The van der Waals surface area contributed by atoms with Crippen molar-refractivity contribution >= 4 is 62.5 Å². The number of rotatable bonds is 3. The number of fused-ring (bicyclic) bond motifs is 1. The van der Waals surface area contributed by atoms with Crippen LogP contribution in [0.2, 0.25) is 0 Å². The number of thiocarbonyl (C=S) groups is 1. The van der Waals surface area contributed by atoms with Crippen LogP contribution in [0.3, 0.4) is 0 Å². The molecule has 2 aromatic carbocycles. The fraction of sp³-hybridized carbons (Fsp3) is 0.320. The fourth-order valence-electron chi connectivity index (χ4n) is 4.87. The summed E-state index contributed by atoms with van der Waals surface area (Å²) in [5.41, 5.74) is 2.33. The maximum Gasteiger partial charge on any atom is 0.270 e. The minimum atomic E-state index is -0.639. The number of nitrogens with zero attached hydrogens (tertiary/aromatic N) is 2. The molecule has 2 amide bonds. The Morgan fingerprint density at radius 2 is 1.91 bits per heavy atom. The van der Waals surface area contributed by atoms with Gasteiger partial charge in [0.25, 0.3) is 11.8 Å². The Morgan fingerprint density at radius 3 is 2.55 bits per heavy atom. The molecule has 0 spiro atoms. The van der Waals surface area contributed by atoms with E-state index >= 15 is 4.39 Å². The largest absolute Gasteiger partial charge is 0.366 e. The molecule has 4 rings (SSSR count). The molecule has 1 saturated heterocycles. The van der Waals surface area contributed by atoms with Crippen LogP contribution in [0.4, 0.5) is 15.8 Å². The van der Waals surface area contributed by atoms with Gasteiger partial charge in [-0.1, -0.05) is 22.9 Å². The Balaban J connectivity index is 1.77. The zero-order chi connectivity index (χ0) is 24.1. The predicted molar refractivity (Wildman–Crippen MR) is 137 cm³/mol. The molecule has 2 aromatic rings. The van der Waals surface area contributed by atoms with E-state index < -0.39 is 17.6 Å². The highest BCUT2D eigenvalue weighted by molar-refractivity contribution is 9.10. The van der Waals surface area contributed by atoms with Crippen molar-refractivity contribution in [1.29, 1.82) is 0 Å². The van der Waals surface area contributed by atoms with Crippen LogP contribution in [0.25, 0.3) is 6.08 Å². The van der Waals surface area contributed by atoms with Crippen molar-refractivity contribution in [3.63, 3.8) is 0 Å². The topological polar surface area (TPSA) is 52.7 Å². The summed E-state index contributed by atoms with van der Waals surface area (Å²) < 4.78 is 16.1. The van der Waals surface area contributed by atoms with Gasteiger partial charge in [-0.25, -0.2) is 4.39 Å². The molecule has 0 aliphatic carbocycles. The first-order valence-electron chi connectivity index (χ1n) is 10.8. The fourth-order valence-corrected chi connectivity index (χ4v) is 5.41. The Morgan fingerprint density at radius 1 is 1.24 bits per heavy atom. The lowest BCUT2D eigenvalue weighted by molar-refractivity contribution is -0.122. The Labute approximate surface area is 206 Å². The Bertz CT molecular complexity index is 1190. The Hall–Kier alpha value is -2.58. The number of hydrogen-bond donors (Lipinski definition) is 1. The predicted octanol–water partition coefficient (Wildman–Crippen LogP) is 5.53. The molecular weight excluding hydrogens is 505 g/mol. The van der Waals surface area contributed by atoms with Crippen molar-refractivity contribution in [2.75, 3.05) is 16.3 Å². The van der Waals surface area contributed by atoms with Gasteiger partial charge in [0, 0.05) is 27.8 Å². The van der Waals surface area contributed by atoms with E-state index in [2.05, 4.69) is 53.8 Å². The van der Waals surface area contributed by atoms with Crippen LogP contribution in [-0.4, -0.2) is 29.0 Å². The quantitative estimate of drug-likeness (QED) is 0.322. The third-order valence-electron chi connectivity index (χ3n) is 6.31. The minimum absolute atomic E-state index is 0.00942. The van der Waals surface area contributed by atoms with Crippen molar-refractivity contribution < 1.29 is 14.0 Å². The summed E-state index contributed by atoms with van der Waals surface area (Å²) in [7, 11) is 0. The molecule has 0 saturated carbocycles. The van der Waals surface area contributed by atoms with E-state index in [4.69, 9.17) is 12.2 Å². The molecule has 1 fully saturated rings. The van der Waals surface area contributed by atoms with Gasteiger partial charge in [-0.3, -0.25) is 19.8 Å². The SMILES string of the molecule is CCN1c2cc(F)c(/C=C3/C(=O)NC(=S)N(c4ccc(Br)cc4)C3=O)cc2C(C)CC1(C)C. The molecule has 2 aliphatic heterocycles. The lowest BCUT2D eigenvalue weighted by Crippen LogP contribution is -2.54. The first-order chi connectivity index (χ1) is 15.5.